The summed E-state index contributed by atoms with van der Waals surface area (Å²) in [7, 11) is 0. The molecule has 0 aromatic carbocycles. The molecule has 0 saturated heterocycles. The zero-order chi connectivity index (χ0) is 21.2. The summed E-state index contributed by atoms with van der Waals surface area (Å²) in [6, 6.07) is 0. The van der Waals surface area contributed by atoms with Crippen LogP contribution in [0.2, 0.25) is 0 Å². The van der Waals surface area contributed by atoms with Crippen molar-refractivity contribution in [3.63, 3.8) is 0 Å². The predicted molar refractivity (Wildman–Crippen MR) is 109 cm³/mol. The Hall–Kier alpha value is 0.330. The fourth-order valence-corrected chi connectivity index (χ4v) is 3.09. The van der Waals surface area contributed by atoms with Gasteiger partial charge in [-0.1, -0.05) is 58.3 Å². The summed E-state index contributed by atoms with van der Waals surface area (Å²) in [6.07, 6.45) is 10.9. The quantitative estimate of drug-likeness (QED) is 0.138. The van der Waals surface area contributed by atoms with E-state index in [1.807, 2.05) is 0 Å². The number of rotatable bonds is 19. The van der Waals surface area contributed by atoms with Crippen molar-refractivity contribution in [1.29, 1.82) is 0 Å². The molecule has 0 saturated carbocycles. The summed E-state index contributed by atoms with van der Waals surface area (Å²) >= 11 is 0. The zero-order valence-electron chi connectivity index (χ0n) is 21.3. The van der Waals surface area contributed by atoms with Crippen molar-refractivity contribution in [3.8, 4) is 0 Å². The third-order valence-electron chi connectivity index (χ3n) is 4.62. The molecule has 0 aliphatic rings. The van der Waals surface area contributed by atoms with Crippen molar-refractivity contribution < 1.29 is 91.7 Å². The first kappa shape index (κ1) is 34.9. The van der Waals surface area contributed by atoms with Crippen LogP contribution in [-0.2, 0) is 14.4 Å². The summed E-state index contributed by atoms with van der Waals surface area (Å²) in [5, 5.41) is 26.9. The maximum Gasteiger partial charge on any atom is 1.00 e. The minimum absolute atomic E-state index is 0. The molecule has 10 heteroatoms. The van der Waals surface area contributed by atoms with Crippen molar-refractivity contribution >= 4 is 17.8 Å². The van der Waals surface area contributed by atoms with Crippen molar-refractivity contribution in [2.75, 3.05) is 39.3 Å². The zero-order valence-corrected chi connectivity index (χ0v) is 23.3. The Bertz CT molecular complexity index is 450. The average Bonchev–Trinajstić information content (AvgIpc) is 2.62. The smallest absolute Gasteiger partial charge is 1.00 e. The normalized spacial score (nSPS) is 10.2. The number of aliphatic carboxylic acids is 2. The van der Waals surface area contributed by atoms with Gasteiger partial charge in [0.1, 0.15) is 0 Å². The molecule has 3 N–H and O–H groups in total. The monoisotopic (exact) mass is 450 g/mol. The van der Waals surface area contributed by atoms with E-state index in [-0.39, 0.29) is 94.1 Å². The van der Waals surface area contributed by atoms with E-state index in [9.17, 15) is 19.5 Å². The number of unbranched alkanes of at least 4 members (excludes halogenated alkanes) is 8. The molecular formula is C20H40N2Na2O6. The van der Waals surface area contributed by atoms with Crippen LogP contribution in [-0.4, -0.2) is 82.3 Å². The molecule has 30 heavy (non-hydrogen) atoms. The number of aliphatic hydroxyl groups is 1. The van der Waals surface area contributed by atoms with Crippen LogP contribution in [0.25, 0.3) is 0 Å². The molecule has 0 aromatic heterocycles. The standard InChI is InChI=1S/C20H38N2O6.2Na.2H/c1-2-3-4-5-6-7-8-9-10-11-18(24)22(14-15-23)13-12-21(16-19(25)26)17-20(27)28;;;;/h23H,2-17H2,1H3,(H,25,26)(H,27,28);;;;/q;2*+1;2*-1. The fraction of sp³-hybridized carbons (Fsp3) is 0.850. The molecule has 0 spiro atoms. The van der Waals surface area contributed by atoms with Crippen LogP contribution in [0.15, 0.2) is 0 Å². The van der Waals surface area contributed by atoms with E-state index < -0.39 is 25.0 Å². The Morgan fingerprint density at radius 3 is 1.63 bits per heavy atom. The van der Waals surface area contributed by atoms with E-state index in [2.05, 4.69) is 6.92 Å². The number of aliphatic hydroxyl groups excluding tert-OH is 1. The van der Waals surface area contributed by atoms with Crippen molar-refractivity contribution in [1.82, 2.24) is 9.80 Å². The Morgan fingerprint density at radius 1 is 0.733 bits per heavy atom. The number of carbonyl (C=O) groups excluding carboxylic acids is 1. The fourth-order valence-electron chi connectivity index (χ4n) is 3.09. The van der Waals surface area contributed by atoms with Gasteiger partial charge in [0.15, 0.2) is 0 Å². The van der Waals surface area contributed by atoms with Gasteiger partial charge in [-0.25, -0.2) is 0 Å². The Morgan fingerprint density at radius 2 is 1.20 bits per heavy atom. The van der Waals surface area contributed by atoms with Crippen molar-refractivity contribution in [2.45, 2.75) is 71.1 Å². The molecule has 0 atom stereocenters. The van der Waals surface area contributed by atoms with Gasteiger partial charge in [-0.2, -0.15) is 0 Å². The van der Waals surface area contributed by atoms with Crippen molar-refractivity contribution in [2.24, 2.45) is 0 Å². The molecule has 0 aliphatic carbocycles. The van der Waals surface area contributed by atoms with Crippen LogP contribution < -0.4 is 59.1 Å². The molecule has 0 aromatic rings. The van der Waals surface area contributed by atoms with Gasteiger partial charge in [-0.05, 0) is 6.42 Å². The van der Waals surface area contributed by atoms with Crippen molar-refractivity contribution in [3.05, 3.63) is 0 Å². The van der Waals surface area contributed by atoms with Crippen LogP contribution in [0.5, 0.6) is 0 Å². The maximum atomic E-state index is 12.4. The third-order valence-corrected chi connectivity index (χ3v) is 4.62. The SMILES string of the molecule is CCCCCCCCCCCC(=O)N(CCO)CCN(CC(=O)O)CC(=O)O.[H-].[H-].[Na+].[Na+]. The second-order valence-electron chi connectivity index (χ2n) is 7.18. The first-order chi connectivity index (χ1) is 13.4. The minimum Gasteiger partial charge on any atom is -1.00 e. The Balaban J connectivity index is -0.000000607. The van der Waals surface area contributed by atoms with E-state index in [0.29, 0.717) is 6.42 Å². The van der Waals surface area contributed by atoms with E-state index in [4.69, 9.17) is 10.2 Å². The number of carbonyl (C=O) groups is 3. The topological polar surface area (TPSA) is 118 Å². The summed E-state index contributed by atoms with van der Waals surface area (Å²) < 4.78 is 0. The first-order valence-electron chi connectivity index (χ1n) is 10.4. The van der Waals surface area contributed by atoms with E-state index in [0.717, 1.165) is 19.3 Å². The van der Waals surface area contributed by atoms with Gasteiger partial charge >= 0.3 is 71.1 Å². The minimum atomic E-state index is -1.11. The van der Waals surface area contributed by atoms with Crippen LogP contribution in [0.4, 0.5) is 0 Å². The van der Waals surface area contributed by atoms with Gasteiger partial charge in [0.25, 0.3) is 0 Å². The molecule has 1 amide bonds. The molecule has 0 aliphatic heterocycles. The number of amides is 1. The number of hydrogen-bond donors (Lipinski definition) is 3. The molecule has 0 fully saturated rings. The molecule has 8 nitrogen and oxygen atoms in total. The number of nitrogens with zero attached hydrogens (tertiary/aromatic N) is 2. The number of carboxylic acid groups (broad SMARTS) is 2. The number of carboxylic acids is 2. The van der Waals surface area contributed by atoms with Crippen LogP contribution >= 0.6 is 0 Å². The van der Waals surface area contributed by atoms with E-state index >= 15 is 0 Å². The average molecular weight is 451 g/mol. The summed E-state index contributed by atoms with van der Waals surface area (Å²) in [5.41, 5.74) is 0. The molecule has 0 heterocycles. The van der Waals surface area contributed by atoms with Gasteiger partial charge in [0, 0.05) is 26.1 Å². The van der Waals surface area contributed by atoms with Gasteiger partial charge in [-0.15, -0.1) is 0 Å². The van der Waals surface area contributed by atoms with E-state index in [1.54, 1.807) is 0 Å². The second kappa shape index (κ2) is 24.0. The molecular weight excluding hydrogens is 410 g/mol. The molecule has 0 radical (unpaired) electrons. The van der Waals surface area contributed by atoms with Gasteiger partial charge < -0.3 is 23.1 Å². The first-order valence-corrected chi connectivity index (χ1v) is 10.4. The Labute approximate surface area is 228 Å². The maximum absolute atomic E-state index is 12.4. The molecule has 0 bridgehead atoms. The van der Waals surface area contributed by atoms with Gasteiger partial charge in [-0.3, -0.25) is 19.3 Å². The van der Waals surface area contributed by atoms with Crippen LogP contribution in [0.1, 0.15) is 74.0 Å². The van der Waals surface area contributed by atoms with Gasteiger partial charge in [0.2, 0.25) is 5.91 Å². The molecule has 0 rings (SSSR count). The largest absolute Gasteiger partial charge is 1.00 e. The third kappa shape index (κ3) is 21.6. The van der Waals surface area contributed by atoms with Gasteiger partial charge in [0.05, 0.1) is 19.7 Å². The Kier molecular flexibility index (Phi) is 27.9. The molecule has 168 valence electrons. The number of hydrogen-bond acceptors (Lipinski definition) is 5. The van der Waals surface area contributed by atoms with Crippen LogP contribution in [0, 0.1) is 0 Å². The summed E-state index contributed by atoms with van der Waals surface area (Å²) in [4.78, 5) is 36.8. The summed E-state index contributed by atoms with van der Waals surface area (Å²) in [5.74, 6) is -2.31. The van der Waals surface area contributed by atoms with E-state index in [1.165, 1.54) is 48.3 Å². The predicted octanol–water partition coefficient (Wildman–Crippen LogP) is -3.57. The molecule has 0 unspecified atom stereocenters. The second-order valence-corrected chi connectivity index (χ2v) is 7.18. The van der Waals surface area contributed by atoms with Crippen LogP contribution in [0.3, 0.4) is 0 Å². The summed E-state index contributed by atoms with van der Waals surface area (Å²) in [6.45, 7) is 1.75.